The highest BCUT2D eigenvalue weighted by Gasteiger charge is 2.11. The number of thiophene rings is 1. The van der Waals surface area contributed by atoms with Gasteiger partial charge in [0.15, 0.2) is 5.96 Å². The average Bonchev–Trinajstić information content (AvgIpc) is 2.99. The minimum atomic E-state index is 0. The first-order valence-electron chi connectivity index (χ1n) is 6.09. The molecule has 1 aromatic heterocycles. The monoisotopic (exact) mass is 377 g/mol. The lowest BCUT2D eigenvalue weighted by Crippen LogP contribution is -2.42. The number of guanidine groups is 1. The largest absolute Gasteiger partial charge is 0.357 e. The van der Waals surface area contributed by atoms with Crippen molar-refractivity contribution in [3.63, 3.8) is 0 Å². The Bertz CT molecular complexity index is 379. The summed E-state index contributed by atoms with van der Waals surface area (Å²) in [6.07, 6.45) is 6.64. The van der Waals surface area contributed by atoms with Crippen LogP contribution in [0.4, 0.5) is 0 Å². The highest BCUT2D eigenvalue weighted by molar-refractivity contribution is 14.0. The van der Waals surface area contributed by atoms with E-state index in [0.29, 0.717) is 6.04 Å². The maximum absolute atomic E-state index is 4.59. The van der Waals surface area contributed by atoms with Crippen LogP contribution in [0.25, 0.3) is 0 Å². The summed E-state index contributed by atoms with van der Waals surface area (Å²) in [6, 6.07) is 2.63. The molecule has 1 heterocycles. The summed E-state index contributed by atoms with van der Waals surface area (Å²) >= 11 is 1.72. The highest BCUT2D eigenvalue weighted by Crippen LogP contribution is 2.09. The Hall–Kier alpha value is -0.560. The fraction of sp³-hybridized carbons (Fsp3) is 0.462. The van der Waals surface area contributed by atoms with Gasteiger partial charge in [0.05, 0.1) is 6.54 Å². The van der Waals surface area contributed by atoms with Crippen molar-refractivity contribution in [2.75, 3.05) is 6.54 Å². The van der Waals surface area contributed by atoms with E-state index in [-0.39, 0.29) is 24.0 Å². The van der Waals surface area contributed by atoms with Gasteiger partial charge in [-0.25, -0.2) is 4.99 Å². The minimum absolute atomic E-state index is 0. The minimum Gasteiger partial charge on any atom is -0.357 e. The van der Waals surface area contributed by atoms with Crippen molar-refractivity contribution in [1.29, 1.82) is 0 Å². The third-order valence-corrected chi connectivity index (χ3v) is 3.42. The summed E-state index contributed by atoms with van der Waals surface area (Å²) in [5, 5.41) is 11.0. The van der Waals surface area contributed by atoms with Crippen LogP contribution >= 0.6 is 35.3 Å². The second kappa shape index (κ2) is 8.53. The maximum atomic E-state index is 4.59. The van der Waals surface area contributed by atoms with E-state index in [0.717, 1.165) is 31.9 Å². The van der Waals surface area contributed by atoms with E-state index in [1.54, 1.807) is 11.3 Å². The molecule has 0 aliphatic heterocycles. The van der Waals surface area contributed by atoms with Crippen LogP contribution in [0, 0.1) is 0 Å². The van der Waals surface area contributed by atoms with E-state index in [1.807, 2.05) is 0 Å². The molecule has 100 valence electrons. The molecule has 1 aliphatic carbocycles. The zero-order valence-electron chi connectivity index (χ0n) is 10.6. The third kappa shape index (κ3) is 4.97. The highest BCUT2D eigenvalue weighted by atomic mass is 127. The lowest BCUT2D eigenvalue weighted by atomic mass is 10.2. The van der Waals surface area contributed by atoms with Crippen molar-refractivity contribution >= 4 is 41.3 Å². The van der Waals surface area contributed by atoms with Gasteiger partial charge in [0.2, 0.25) is 0 Å². The number of hydrogen-bond donors (Lipinski definition) is 2. The smallest absolute Gasteiger partial charge is 0.191 e. The van der Waals surface area contributed by atoms with Gasteiger partial charge in [-0.3, -0.25) is 0 Å². The summed E-state index contributed by atoms with van der Waals surface area (Å²) in [4.78, 5) is 4.59. The second-order valence-corrected chi connectivity index (χ2v) is 4.89. The normalized spacial score (nSPS) is 15.5. The Morgan fingerprint density at radius 2 is 2.22 bits per heavy atom. The number of rotatable bonds is 4. The van der Waals surface area contributed by atoms with Gasteiger partial charge in [-0.2, -0.15) is 11.3 Å². The summed E-state index contributed by atoms with van der Waals surface area (Å²) in [7, 11) is 0. The number of nitrogens with zero attached hydrogens (tertiary/aromatic N) is 1. The van der Waals surface area contributed by atoms with Gasteiger partial charge in [0, 0.05) is 12.6 Å². The molecule has 0 radical (unpaired) electrons. The van der Waals surface area contributed by atoms with E-state index in [4.69, 9.17) is 0 Å². The second-order valence-electron chi connectivity index (χ2n) is 4.11. The Morgan fingerprint density at radius 3 is 2.83 bits per heavy atom. The lowest BCUT2D eigenvalue weighted by Gasteiger charge is -2.16. The van der Waals surface area contributed by atoms with Crippen molar-refractivity contribution in [2.24, 2.45) is 4.99 Å². The topological polar surface area (TPSA) is 36.4 Å². The van der Waals surface area contributed by atoms with Gasteiger partial charge in [0.25, 0.3) is 0 Å². The number of halogens is 1. The number of hydrogen-bond acceptors (Lipinski definition) is 2. The first-order valence-corrected chi connectivity index (χ1v) is 7.03. The fourth-order valence-corrected chi connectivity index (χ4v) is 2.46. The van der Waals surface area contributed by atoms with E-state index in [1.165, 1.54) is 5.56 Å². The van der Waals surface area contributed by atoms with Crippen molar-refractivity contribution in [3.8, 4) is 0 Å². The van der Waals surface area contributed by atoms with Crippen LogP contribution < -0.4 is 10.6 Å². The van der Waals surface area contributed by atoms with Crippen LogP contribution in [-0.4, -0.2) is 18.5 Å². The van der Waals surface area contributed by atoms with Crippen LogP contribution in [0.5, 0.6) is 0 Å². The van der Waals surface area contributed by atoms with E-state index >= 15 is 0 Å². The zero-order chi connectivity index (χ0) is 11.9. The lowest BCUT2D eigenvalue weighted by molar-refractivity contribution is 0.633. The molecule has 1 aliphatic rings. The molecule has 0 unspecified atom stereocenters. The first-order chi connectivity index (χ1) is 8.38. The molecule has 0 spiro atoms. The van der Waals surface area contributed by atoms with Crippen LogP contribution in [0.3, 0.4) is 0 Å². The predicted molar refractivity (Wildman–Crippen MR) is 89.8 cm³/mol. The van der Waals surface area contributed by atoms with Gasteiger partial charge in [-0.15, -0.1) is 24.0 Å². The van der Waals surface area contributed by atoms with Crippen LogP contribution in [-0.2, 0) is 6.54 Å². The average molecular weight is 377 g/mol. The molecule has 2 rings (SSSR count). The number of aliphatic imine (C=N–C) groups is 1. The molecule has 0 saturated carbocycles. The van der Waals surface area contributed by atoms with Crippen molar-refractivity contribution in [3.05, 3.63) is 34.5 Å². The molecule has 3 nitrogen and oxygen atoms in total. The molecule has 1 aromatic rings. The molecule has 0 saturated heterocycles. The van der Waals surface area contributed by atoms with Crippen molar-refractivity contribution < 1.29 is 0 Å². The van der Waals surface area contributed by atoms with Gasteiger partial charge in [-0.1, -0.05) is 12.2 Å². The van der Waals surface area contributed by atoms with E-state index in [2.05, 4.69) is 51.5 Å². The van der Waals surface area contributed by atoms with Crippen LogP contribution in [0.15, 0.2) is 34.0 Å². The predicted octanol–water partition coefficient (Wildman–Crippen LogP) is 3.14. The summed E-state index contributed by atoms with van der Waals surface area (Å²) in [5.74, 6) is 0.924. The summed E-state index contributed by atoms with van der Waals surface area (Å²) in [5.41, 5.74) is 1.27. The first kappa shape index (κ1) is 15.5. The van der Waals surface area contributed by atoms with Crippen LogP contribution in [0.2, 0.25) is 0 Å². The fourth-order valence-electron chi connectivity index (χ4n) is 1.80. The number of nitrogens with one attached hydrogen (secondary N) is 2. The Morgan fingerprint density at radius 1 is 1.44 bits per heavy atom. The Kier molecular flexibility index (Phi) is 7.34. The Balaban J connectivity index is 0.00000162. The molecule has 0 bridgehead atoms. The molecule has 0 amide bonds. The summed E-state index contributed by atoms with van der Waals surface area (Å²) in [6.45, 7) is 3.74. The van der Waals surface area contributed by atoms with E-state index in [9.17, 15) is 0 Å². The van der Waals surface area contributed by atoms with Gasteiger partial charge < -0.3 is 10.6 Å². The van der Waals surface area contributed by atoms with Crippen molar-refractivity contribution in [1.82, 2.24) is 10.6 Å². The molecule has 0 fully saturated rings. The molecule has 5 heteroatoms. The molecule has 2 N–H and O–H groups in total. The van der Waals surface area contributed by atoms with Gasteiger partial charge in [-0.05, 0) is 42.2 Å². The summed E-state index contributed by atoms with van der Waals surface area (Å²) < 4.78 is 0. The third-order valence-electron chi connectivity index (χ3n) is 2.69. The maximum Gasteiger partial charge on any atom is 0.191 e. The zero-order valence-corrected chi connectivity index (χ0v) is 13.7. The molecule has 18 heavy (non-hydrogen) atoms. The molecular formula is C13H20IN3S. The quantitative estimate of drug-likeness (QED) is 0.366. The standard InChI is InChI=1S/C13H19N3S.HI/c1-2-14-13(16-12-5-3-4-6-12)15-9-11-7-8-17-10-11;/h3-4,7-8,10,12H,2,5-6,9H2,1H3,(H2,14,15,16);1H. The molecular weight excluding hydrogens is 357 g/mol. The Labute approximate surface area is 130 Å². The van der Waals surface area contributed by atoms with Crippen LogP contribution in [0.1, 0.15) is 25.3 Å². The van der Waals surface area contributed by atoms with Crippen molar-refractivity contribution in [2.45, 2.75) is 32.4 Å². The van der Waals surface area contributed by atoms with E-state index < -0.39 is 0 Å². The van der Waals surface area contributed by atoms with Gasteiger partial charge >= 0.3 is 0 Å². The molecule has 0 atom stereocenters. The molecule has 0 aromatic carbocycles. The SMILES string of the molecule is CCNC(=NCc1ccsc1)NC1CC=CC1.I. The van der Waals surface area contributed by atoms with Gasteiger partial charge in [0.1, 0.15) is 0 Å².